The molecular formula is C11H16N2O2. The molecule has 1 aliphatic carbocycles. The first kappa shape index (κ1) is 10.4. The van der Waals surface area contributed by atoms with E-state index in [1.54, 1.807) is 19.5 Å². The number of ether oxygens (including phenoxy) is 1. The minimum Gasteiger partial charge on any atom is -0.467 e. The fourth-order valence-corrected chi connectivity index (χ4v) is 2.29. The fraction of sp³-hybridized carbons (Fsp3) is 0.636. The van der Waals surface area contributed by atoms with E-state index in [4.69, 9.17) is 4.74 Å². The van der Waals surface area contributed by atoms with Crippen LogP contribution in [0.4, 0.5) is 0 Å². The Morgan fingerprint density at radius 3 is 2.40 bits per heavy atom. The second-order valence-electron chi connectivity index (χ2n) is 4.10. The summed E-state index contributed by atoms with van der Waals surface area (Å²) in [6.07, 6.45) is 7.94. The Balaban J connectivity index is 2.26. The number of rotatable bonds is 3. The first-order chi connectivity index (χ1) is 7.30. The summed E-state index contributed by atoms with van der Waals surface area (Å²) < 4.78 is 4.91. The van der Waals surface area contributed by atoms with Gasteiger partial charge in [0.2, 0.25) is 0 Å². The SMILES string of the molecule is COc1ncc(C2(CO)CCCC2)cn1. The lowest BCUT2D eigenvalue weighted by atomic mass is 9.81. The van der Waals surface area contributed by atoms with Gasteiger partial charge in [-0.25, -0.2) is 9.97 Å². The Labute approximate surface area is 89.3 Å². The van der Waals surface area contributed by atoms with Crippen molar-refractivity contribution in [3.05, 3.63) is 18.0 Å². The molecule has 4 nitrogen and oxygen atoms in total. The van der Waals surface area contributed by atoms with Gasteiger partial charge in [0.1, 0.15) is 0 Å². The van der Waals surface area contributed by atoms with Crippen LogP contribution in [0.25, 0.3) is 0 Å². The van der Waals surface area contributed by atoms with Crippen LogP contribution in [0.2, 0.25) is 0 Å². The number of aliphatic hydroxyl groups is 1. The molecule has 1 heterocycles. The third kappa shape index (κ3) is 1.81. The summed E-state index contributed by atoms with van der Waals surface area (Å²) in [5.74, 6) is 0. The number of hydrogen-bond donors (Lipinski definition) is 1. The van der Waals surface area contributed by atoms with E-state index in [0.29, 0.717) is 6.01 Å². The lowest BCUT2D eigenvalue weighted by Crippen LogP contribution is -2.27. The monoisotopic (exact) mass is 208 g/mol. The van der Waals surface area contributed by atoms with Gasteiger partial charge in [-0.2, -0.15) is 0 Å². The van der Waals surface area contributed by atoms with Crippen molar-refractivity contribution < 1.29 is 9.84 Å². The third-order valence-corrected chi connectivity index (χ3v) is 3.29. The van der Waals surface area contributed by atoms with Crippen LogP contribution in [0.5, 0.6) is 6.01 Å². The second kappa shape index (κ2) is 4.14. The minimum absolute atomic E-state index is 0.105. The Bertz CT molecular complexity index is 318. The van der Waals surface area contributed by atoms with Crippen molar-refractivity contribution in [1.29, 1.82) is 0 Å². The van der Waals surface area contributed by atoms with Crippen molar-refractivity contribution in [3.63, 3.8) is 0 Å². The highest BCUT2D eigenvalue weighted by atomic mass is 16.5. The number of aromatic nitrogens is 2. The van der Waals surface area contributed by atoms with E-state index in [0.717, 1.165) is 18.4 Å². The molecule has 1 aliphatic rings. The van der Waals surface area contributed by atoms with Crippen molar-refractivity contribution in [1.82, 2.24) is 9.97 Å². The van der Waals surface area contributed by atoms with E-state index in [1.165, 1.54) is 12.8 Å². The molecule has 1 saturated carbocycles. The first-order valence-electron chi connectivity index (χ1n) is 5.28. The van der Waals surface area contributed by atoms with Gasteiger partial charge in [0.05, 0.1) is 13.7 Å². The highest BCUT2D eigenvalue weighted by Crippen LogP contribution is 2.40. The zero-order valence-electron chi connectivity index (χ0n) is 8.94. The van der Waals surface area contributed by atoms with Crippen LogP contribution in [-0.2, 0) is 5.41 Å². The second-order valence-corrected chi connectivity index (χ2v) is 4.10. The maximum atomic E-state index is 9.51. The maximum Gasteiger partial charge on any atom is 0.316 e. The highest BCUT2D eigenvalue weighted by Gasteiger charge is 2.35. The fourth-order valence-electron chi connectivity index (χ4n) is 2.29. The predicted molar refractivity (Wildman–Crippen MR) is 55.8 cm³/mol. The Morgan fingerprint density at radius 1 is 1.33 bits per heavy atom. The van der Waals surface area contributed by atoms with Crippen molar-refractivity contribution in [2.75, 3.05) is 13.7 Å². The van der Waals surface area contributed by atoms with Gasteiger partial charge in [-0.3, -0.25) is 0 Å². The van der Waals surface area contributed by atoms with E-state index in [-0.39, 0.29) is 12.0 Å². The van der Waals surface area contributed by atoms with Crippen LogP contribution < -0.4 is 4.74 Å². The summed E-state index contributed by atoms with van der Waals surface area (Å²) >= 11 is 0. The molecule has 15 heavy (non-hydrogen) atoms. The molecule has 0 saturated heterocycles. The molecule has 0 amide bonds. The van der Waals surface area contributed by atoms with Crippen molar-refractivity contribution >= 4 is 0 Å². The number of aliphatic hydroxyl groups excluding tert-OH is 1. The average Bonchev–Trinajstić information content (AvgIpc) is 2.79. The van der Waals surface area contributed by atoms with Gasteiger partial charge < -0.3 is 9.84 Å². The summed E-state index contributed by atoms with van der Waals surface area (Å²) in [5, 5.41) is 9.51. The smallest absolute Gasteiger partial charge is 0.316 e. The largest absolute Gasteiger partial charge is 0.467 e. The van der Waals surface area contributed by atoms with Crippen LogP contribution >= 0.6 is 0 Å². The first-order valence-corrected chi connectivity index (χ1v) is 5.28. The molecule has 0 aromatic carbocycles. The number of methoxy groups -OCH3 is 1. The van der Waals surface area contributed by atoms with Gasteiger partial charge in [0.15, 0.2) is 0 Å². The Morgan fingerprint density at radius 2 is 1.93 bits per heavy atom. The summed E-state index contributed by atoms with van der Waals surface area (Å²) in [5.41, 5.74) is 0.926. The van der Waals surface area contributed by atoms with Crippen molar-refractivity contribution in [3.8, 4) is 6.01 Å². The van der Waals surface area contributed by atoms with Crippen molar-refractivity contribution in [2.24, 2.45) is 0 Å². The van der Waals surface area contributed by atoms with E-state index in [9.17, 15) is 5.11 Å². The van der Waals surface area contributed by atoms with Gasteiger partial charge in [-0.1, -0.05) is 12.8 Å². The standard InChI is InChI=1S/C11H16N2O2/c1-15-10-12-6-9(7-13-10)11(8-14)4-2-3-5-11/h6-7,14H,2-5,8H2,1H3. The number of hydrogen-bond acceptors (Lipinski definition) is 4. The van der Waals surface area contributed by atoms with Gasteiger partial charge in [-0.05, 0) is 18.4 Å². The third-order valence-electron chi connectivity index (χ3n) is 3.29. The quantitative estimate of drug-likeness (QED) is 0.813. The lowest BCUT2D eigenvalue weighted by molar-refractivity contribution is 0.195. The predicted octanol–water partition coefficient (Wildman–Crippen LogP) is 1.29. The van der Waals surface area contributed by atoms with Crippen LogP contribution in [0, 0.1) is 0 Å². The lowest BCUT2D eigenvalue weighted by Gasteiger charge is -2.25. The van der Waals surface area contributed by atoms with E-state index in [2.05, 4.69) is 9.97 Å². The molecule has 4 heteroatoms. The zero-order chi connectivity index (χ0) is 10.7. The Kier molecular flexibility index (Phi) is 2.86. The molecule has 82 valence electrons. The normalized spacial score (nSPS) is 19.1. The molecule has 0 radical (unpaired) electrons. The van der Waals surface area contributed by atoms with Gasteiger partial charge in [-0.15, -0.1) is 0 Å². The molecule has 0 unspecified atom stereocenters. The number of nitrogens with zero attached hydrogens (tertiary/aromatic N) is 2. The topological polar surface area (TPSA) is 55.2 Å². The van der Waals surface area contributed by atoms with Crippen LogP contribution in [0.1, 0.15) is 31.2 Å². The molecule has 1 aromatic heterocycles. The van der Waals surface area contributed by atoms with Gasteiger partial charge in [0, 0.05) is 17.8 Å². The molecule has 0 bridgehead atoms. The molecule has 1 aromatic rings. The zero-order valence-corrected chi connectivity index (χ0v) is 8.94. The molecule has 0 atom stereocenters. The molecule has 0 spiro atoms. The minimum atomic E-state index is -0.105. The van der Waals surface area contributed by atoms with Crippen LogP contribution in [0.3, 0.4) is 0 Å². The highest BCUT2D eigenvalue weighted by molar-refractivity contribution is 5.22. The van der Waals surface area contributed by atoms with Crippen LogP contribution in [-0.4, -0.2) is 28.8 Å². The molecule has 1 fully saturated rings. The van der Waals surface area contributed by atoms with E-state index >= 15 is 0 Å². The Hall–Kier alpha value is -1.16. The molecule has 1 N–H and O–H groups in total. The van der Waals surface area contributed by atoms with Gasteiger partial charge in [0.25, 0.3) is 0 Å². The molecule has 0 aliphatic heterocycles. The average molecular weight is 208 g/mol. The summed E-state index contributed by atoms with van der Waals surface area (Å²) in [4.78, 5) is 8.18. The summed E-state index contributed by atoms with van der Waals surface area (Å²) in [6, 6.07) is 0.379. The van der Waals surface area contributed by atoms with Gasteiger partial charge >= 0.3 is 6.01 Å². The van der Waals surface area contributed by atoms with E-state index in [1.807, 2.05) is 0 Å². The molecule has 2 rings (SSSR count). The summed E-state index contributed by atoms with van der Waals surface area (Å²) in [7, 11) is 1.55. The molecular weight excluding hydrogens is 192 g/mol. The van der Waals surface area contributed by atoms with Crippen LogP contribution in [0.15, 0.2) is 12.4 Å². The van der Waals surface area contributed by atoms with Crippen molar-refractivity contribution in [2.45, 2.75) is 31.1 Å². The maximum absolute atomic E-state index is 9.51. The summed E-state index contributed by atoms with van der Waals surface area (Å²) in [6.45, 7) is 0.183. The van der Waals surface area contributed by atoms with E-state index < -0.39 is 0 Å².